The van der Waals surface area contributed by atoms with Crippen LogP contribution in [-0.4, -0.2) is 30.2 Å². The van der Waals surface area contributed by atoms with Gasteiger partial charge >= 0.3 is 0 Å². The third-order valence-electron chi connectivity index (χ3n) is 2.53. The first-order valence-corrected chi connectivity index (χ1v) is 5.20. The van der Waals surface area contributed by atoms with E-state index in [1.54, 1.807) is 13.0 Å². The minimum Gasteiger partial charge on any atom is -0.361 e. The van der Waals surface area contributed by atoms with E-state index in [1.165, 1.54) is 0 Å². The summed E-state index contributed by atoms with van der Waals surface area (Å²) in [4.78, 5) is 11.7. The van der Waals surface area contributed by atoms with Crippen LogP contribution in [0.25, 0.3) is 0 Å². The van der Waals surface area contributed by atoms with Crippen molar-refractivity contribution in [2.45, 2.75) is 25.8 Å². The molecule has 0 atom stereocenters. The summed E-state index contributed by atoms with van der Waals surface area (Å²) in [5.74, 6) is 0.518. The molecule has 0 aromatic carbocycles. The molecule has 1 amide bonds. The van der Waals surface area contributed by atoms with Gasteiger partial charge in [0.2, 0.25) is 0 Å². The van der Waals surface area contributed by atoms with Crippen LogP contribution < -0.4 is 10.6 Å². The van der Waals surface area contributed by atoms with E-state index in [4.69, 9.17) is 4.52 Å². The lowest BCUT2D eigenvalue weighted by Gasteiger charge is -2.23. The second kappa shape index (κ2) is 5.86. The maximum Gasteiger partial charge on any atom is 0.273 e. The van der Waals surface area contributed by atoms with Crippen LogP contribution in [0, 0.1) is 6.92 Å². The highest BCUT2D eigenvalue weighted by atomic mass is 35.5. The summed E-state index contributed by atoms with van der Waals surface area (Å²) in [6, 6.07) is 1.91. The van der Waals surface area contributed by atoms with Crippen molar-refractivity contribution in [1.29, 1.82) is 0 Å². The molecular weight excluding hydrogens is 230 g/mol. The van der Waals surface area contributed by atoms with Gasteiger partial charge in [-0.3, -0.25) is 4.79 Å². The Labute approximate surface area is 100 Å². The largest absolute Gasteiger partial charge is 0.361 e. The summed E-state index contributed by atoms with van der Waals surface area (Å²) in [5, 5.41) is 9.87. The van der Waals surface area contributed by atoms with E-state index in [-0.39, 0.29) is 24.4 Å². The second-order valence-corrected chi connectivity index (χ2v) is 3.82. The number of aryl methyl sites for hydroxylation is 1. The number of hydrogen-bond donors (Lipinski definition) is 2. The van der Waals surface area contributed by atoms with E-state index in [0.717, 1.165) is 25.9 Å². The van der Waals surface area contributed by atoms with Gasteiger partial charge in [0.05, 0.1) is 0 Å². The van der Waals surface area contributed by atoms with Crippen LogP contribution in [0.1, 0.15) is 29.1 Å². The van der Waals surface area contributed by atoms with Crippen LogP contribution in [0.4, 0.5) is 0 Å². The van der Waals surface area contributed by atoms with Gasteiger partial charge < -0.3 is 15.2 Å². The number of amides is 1. The number of halogens is 1. The Bertz CT molecular complexity index is 348. The Morgan fingerprint density at radius 1 is 1.56 bits per heavy atom. The molecular formula is C10H16ClN3O2. The molecule has 1 saturated heterocycles. The maximum atomic E-state index is 11.7. The molecule has 5 nitrogen and oxygen atoms in total. The fraction of sp³-hybridized carbons (Fsp3) is 0.600. The molecule has 6 heteroatoms. The monoisotopic (exact) mass is 245 g/mol. The summed E-state index contributed by atoms with van der Waals surface area (Å²) >= 11 is 0. The summed E-state index contributed by atoms with van der Waals surface area (Å²) in [6.07, 6.45) is 1.95. The molecule has 1 aromatic rings. The molecule has 1 aromatic heterocycles. The van der Waals surface area contributed by atoms with Crippen molar-refractivity contribution in [1.82, 2.24) is 15.8 Å². The Hall–Kier alpha value is -1.07. The molecule has 0 bridgehead atoms. The lowest BCUT2D eigenvalue weighted by Crippen LogP contribution is -2.42. The predicted octanol–water partition coefficient (Wildman–Crippen LogP) is 0.887. The Morgan fingerprint density at radius 3 is 2.81 bits per heavy atom. The number of nitrogens with zero attached hydrogens (tertiary/aromatic N) is 1. The lowest BCUT2D eigenvalue weighted by atomic mass is 10.1. The third kappa shape index (κ3) is 3.21. The molecule has 0 radical (unpaired) electrons. The SMILES string of the molecule is Cc1cc(C(=O)NC2CCNCC2)no1.Cl. The molecule has 0 spiro atoms. The Kier molecular flexibility index (Phi) is 4.76. The van der Waals surface area contributed by atoms with Crippen LogP contribution >= 0.6 is 12.4 Å². The number of aromatic nitrogens is 1. The molecule has 1 aliphatic heterocycles. The standard InChI is InChI=1S/C10H15N3O2.ClH/c1-7-6-9(13-15-7)10(14)12-8-2-4-11-5-3-8;/h6,8,11H,2-5H2,1H3,(H,12,14);1H. The van der Waals surface area contributed by atoms with Crippen LogP contribution in [0.2, 0.25) is 0 Å². The topological polar surface area (TPSA) is 67.2 Å². The molecule has 1 fully saturated rings. The molecule has 0 unspecified atom stereocenters. The van der Waals surface area contributed by atoms with E-state index in [9.17, 15) is 4.79 Å². The van der Waals surface area contributed by atoms with Crippen molar-refractivity contribution in [3.8, 4) is 0 Å². The Morgan fingerprint density at radius 2 is 2.25 bits per heavy atom. The number of hydrogen-bond acceptors (Lipinski definition) is 4. The fourth-order valence-electron chi connectivity index (χ4n) is 1.70. The highest BCUT2D eigenvalue weighted by Crippen LogP contribution is 2.05. The zero-order chi connectivity index (χ0) is 10.7. The molecule has 90 valence electrons. The van der Waals surface area contributed by atoms with Crippen LogP contribution in [-0.2, 0) is 0 Å². The van der Waals surface area contributed by atoms with Gasteiger partial charge in [-0.1, -0.05) is 5.16 Å². The van der Waals surface area contributed by atoms with Crippen molar-refractivity contribution < 1.29 is 9.32 Å². The normalized spacial score (nSPS) is 16.6. The van der Waals surface area contributed by atoms with Gasteiger partial charge in [-0.05, 0) is 32.9 Å². The van der Waals surface area contributed by atoms with E-state index < -0.39 is 0 Å². The highest BCUT2D eigenvalue weighted by Gasteiger charge is 2.18. The predicted molar refractivity (Wildman–Crippen MR) is 61.8 cm³/mol. The van der Waals surface area contributed by atoms with Crippen molar-refractivity contribution in [2.24, 2.45) is 0 Å². The van der Waals surface area contributed by atoms with Gasteiger partial charge in [-0.25, -0.2) is 0 Å². The molecule has 16 heavy (non-hydrogen) atoms. The van der Waals surface area contributed by atoms with Gasteiger partial charge in [0, 0.05) is 12.1 Å². The molecule has 0 aliphatic carbocycles. The van der Waals surface area contributed by atoms with Gasteiger partial charge in [0.25, 0.3) is 5.91 Å². The van der Waals surface area contributed by atoms with Crippen molar-refractivity contribution in [3.05, 3.63) is 17.5 Å². The van der Waals surface area contributed by atoms with Crippen LogP contribution in [0.5, 0.6) is 0 Å². The van der Waals surface area contributed by atoms with Gasteiger partial charge in [-0.15, -0.1) is 12.4 Å². The van der Waals surface area contributed by atoms with E-state index >= 15 is 0 Å². The minimum absolute atomic E-state index is 0. The summed E-state index contributed by atoms with van der Waals surface area (Å²) in [7, 11) is 0. The minimum atomic E-state index is -0.140. The van der Waals surface area contributed by atoms with Crippen molar-refractivity contribution in [3.63, 3.8) is 0 Å². The molecule has 2 heterocycles. The van der Waals surface area contributed by atoms with E-state index in [0.29, 0.717) is 11.5 Å². The van der Waals surface area contributed by atoms with Crippen molar-refractivity contribution >= 4 is 18.3 Å². The summed E-state index contributed by atoms with van der Waals surface area (Å²) in [6.45, 7) is 3.69. The van der Waals surface area contributed by atoms with Gasteiger partial charge in [0.1, 0.15) is 5.76 Å². The first-order valence-electron chi connectivity index (χ1n) is 5.20. The fourth-order valence-corrected chi connectivity index (χ4v) is 1.70. The molecule has 1 aliphatic rings. The quantitative estimate of drug-likeness (QED) is 0.812. The zero-order valence-electron chi connectivity index (χ0n) is 9.16. The van der Waals surface area contributed by atoms with E-state index in [1.807, 2.05) is 0 Å². The molecule has 2 N–H and O–H groups in total. The first-order chi connectivity index (χ1) is 7.25. The summed E-state index contributed by atoms with van der Waals surface area (Å²) < 4.78 is 4.85. The molecule has 0 saturated carbocycles. The third-order valence-corrected chi connectivity index (χ3v) is 2.53. The molecule has 2 rings (SSSR count). The second-order valence-electron chi connectivity index (χ2n) is 3.82. The number of nitrogens with one attached hydrogen (secondary N) is 2. The van der Waals surface area contributed by atoms with Gasteiger partial charge in [0.15, 0.2) is 5.69 Å². The van der Waals surface area contributed by atoms with Gasteiger partial charge in [-0.2, -0.15) is 0 Å². The zero-order valence-corrected chi connectivity index (χ0v) is 9.97. The van der Waals surface area contributed by atoms with Crippen molar-refractivity contribution in [2.75, 3.05) is 13.1 Å². The average molecular weight is 246 g/mol. The smallest absolute Gasteiger partial charge is 0.273 e. The van der Waals surface area contributed by atoms with Crippen LogP contribution in [0.15, 0.2) is 10.6 Å². The summed E-state index contributed by atoms with van der Waals surface area (Å²) in [5.41, 5.74) is 0.367. The number of carbonyl (C=O) groups is 1. The number of carbonyl (C=O) groups excluding carboxylic acids is 1. The number of rotatable bonds is 2. The maximum absolute atomic E-state index is 11.7. The van der Waals surface area contributed by atoms with Crippen LogP contribution in [0.3, 0.4) is 0 Å². The average Bonchev–Trinajstić information content (AvgIpc) is 2.66. The lowest BCUT2D eigenvalue weighted by molar-refractivity contribution is 0.0920. The van der Waals surface area contributed by atoms with E-state index in [2.05, 4.69) is 15.8 Å². The first kappa shape index (κ1) is 13.0. The highest BCUT2D eigenvalue weighted by molar-refractivity contribution is 5.92. The number of piperidine rings is 1. The Balaban J connectivity index is 0.00000128.